The zero-order chi connectivity index (χ0) is 18.0. The number of nitrogens with zero attached hydrogens (tertiary/aromatic N) is 2. The van der Waals surface area contributed by atoms with Crippen molar-refractivity contribution in [1.29, 1.82) is 0 Å². The van der Waals surface area contributed by atoms with Crippen LogP contribution in [0.3, 0.4) is 0 Å². The van der Waals surface area contributed by atoms with Gasteiger partial charge in [0, 0.05) is 40.9 Å². The molecule has 1 unspecified atom stereocenters. The van der Waals surface area contributed by atoms with Crippen LogP contribution in [-0.2, 0) is 9.47 Å². The number of guanidine groups is 1. The summed E-state index contributed by atoms with van der Waals surface area (Å²) in [6.07, 6.45) is 2.62. The third-order valence-corrected chi connectivity index (χ3v) is 4.81. The van der Waals surface area contributed by atoms with Crippen molar-refractivity contribution < 1.29 is 9.47 Å². The highest BCUT2D eigenvalue weighted by Crippen LogP contribution is 2.21. The maximum Gasteiger partial charge on any atom is 0.191 e. The van der Waals surface area contributed by atoms with E-state index in [1.807, 2.05) is 7.05 Å². The molecular weight excluding hydrogens is 304 g/mol. The molecule has 0 radical (unpaired) electrons. The summed E-state index contributed by atoms with van der Waals surface area (Å²) in [5, 5.41) is 6.86. The van der Waals surface area contributed by atoms with Crippen molar-refractivity contribution >= 4 is 5.96 Å². The van der Waals surface area contributed by atoms with Crippen LogP contribution in [0.5, 0.6) is 0 Å². The van der Waals surface area contributed by atoms with Gasteiger partial charge >= 0.3 is 0 Å². The fourth-order valence-electron chi connectivity index (χ4n) is 3.03. The standard InChI is InChI=1S/C18H38N4O2/c1-18(2,3)16(24-6)14-21-17(19-4)20-13-15-7-9-22(10-8-15)11-12-23-5/h15-16H,7-14H2,1-6H3,(H2,19,20,21). The lowest BCUT2D eigenvalue weighted by atomic mass is 9.89. The van der Waals surface area contributed by atoms with E-state index >= 15 is 0 Å². The highest BCUT2D eigenvalue weighted by atomic mass is 16.5. The maximum absolute atomic E-state index is 5.59. The van der Waals surface area contributed by atoms with Gasteiger partial charge in [-0.3, -0.25) is 4.99 Å². The molecule has 6 nitrogen and oxygen atoms in total. The number of likely N-dealkylation sites (tertiary alicyclic amines) is 1. The number of nitrogens with one attached hydrogen (secondary N) is 2. The van der Waals surface area contributed by atoms with Crippen LogP contribution < -0.4 is 10.6 Å². The van der Waals surface area contributed by atoms with Crippen molar-refractivity contribution in [1.82, 2.24) is 15.5 Å². The first kappa shape index (κ1) is 21.2. The highest BCUT2D eigenvalue weighted by molar-refractivity contribution is 5.79. The Morgan fingerprint density at radius 3 is 2.38 bits per heavy atom. The van der Waals surface area contributed by atoms with Crippen LogP contribution in [0.15, 0.2) is 4.99 Å². The molecule has 1 heterocycles. The second kappa shape index (κ2) is 10.9. The molecule has 0 amide bonds. The minimum atomic E-state index is 0.107. The Bertz CT molecular complexity index is 361. The number of aliphatic imine (C=N–C) groups is 1. The van der Waals surface area contributed by atoms with E-state index in [-0.39, 0.29) is 11.5 Å². The normalized spacial score (nSPS) is 19.3. The van der Waals surface area contributed by atoms with Crippen LogP contribution >= 0.6 is 0 Å². The monoisotopic (exact) mass is 342 g/mol. The summed E-state index contributed by atoms with van der Waals surface area (Å²) >= 11 is 0. The molecule has 1 saturated heterocycles. The summed E-state index contributed by atoms with van der Waals surface area (Å²) in [6.45, 7) is 12.5. The first-order chi connectivity index (χ1) is 11.4. The lowest BCUT2D eigenvalue weighted by molar-refractivity contribution is 0.0205. The van der Waals surface area contributed by atoms with Crippen LogP contribution in [-0.4, -0.2) is 77.6 Å². The predicted molar refractivity (Wildman–Crippen MR) is 101 cm³/mol. The average Bonchev–Trinajstić information content (AvgIpc) is 2.56. The van der Waals surface area contributed by atoms with E-state index in [1.54, 1.807) is 14.2 Å². The third-order valence-electron chi connectivity index (χ3n) is 4.81. The fraction of sp³-hybridized carbons (Fsp3) is 0.944. The van der Waals surface area contributed by atoms with Gasteiger partial charge in [0.1, 0.15) is 0 Å². The molecule has 0 aromatic rings. The van der Waals surface area contributed by atoms with E-state index in [2.05, 4.69) is 41.3 Å². The summed E-state index contributed by atoms with van der Waals surface area (Å²) in [5.74, 6) is 1.58. The smallest absolute Gasteiger partial charge is 0.191 e. The number of hydrogen-bond donors (Lipinski definition) is 2. The Morgan fingerprint density at radius 2 is 1.88 bits per heavy atom. The second-order valence-corrected chi connectivity index (χ2v) is 7.70. The molecule has 1 aliphatic heterocycles. The number of ether oxygens (including phenoxy) is 2. The molecule has 1 rings (SSSR count). The van der Waals surface area contributed by atoms with Crippen LogP contribution in [0.2, 0.25) is 0 Å². The Kier molecular flexibility index (Phi) is 9.63. The molecule has 142 valence electrons. The second-order valence-electron chi connectivity index (χ2n) is 7.70. The molecular formula is C18H38N4O2. The Hall–Kier alpha value is -0.850. The molecule has 0 saturated carbocycles. The van der Waals surface area contributed by atoms with E-state index in [0.717, 1.165) is 45.3 Å². The molecule has 0 bridgehead atoms. The first-order valence-corrected chi connectivity index (χ1v) is 9.09. The van der Waals surface area contributed by atoms with Gasteiger partial charge in [-0.05, 0) is 37.3 Å². The first-order valence-electron chi connectivity index (χ1n) is 9.09. The van der Waals surface area contributed by atoms with Crippen molar-refractivity contribution in [3.8, 4) is 0 Å². The SMILES string of the molecule is CN=C(NCC1CCN(CCOC)CC1)NCC(OC)C(C)(C)C. The van der Waals surface area contributed by atoms with Crippen molar-refractivity contribution in [3.05, 3.63) is 0 Å². The minimum absolute atomic E-state index is 0.107. The third kappa shape index (κ3) is 7.81. The zero-order valence-electron chi connectivity index (χ0n) is 16.5. The van der Waals surface area contributed by atoms with Crippen molar-refractivity contribution in [2.45, 2.75) is 39.7 Å². The molecule has 24 heavy (non-hydrogen) atoms. The van der Waals surface area contributed by atoms with Gasteiger partial charge < -0.3 is 25.0 Å². The van der Waals surface area contributed by atoms with Gasteiger partial charge in [-0.15, -0.1) is 0 Å². The van der Waals surface area contributed by atoms with Gasteiger partial charge in [0.15, 0.2) is 5.96 Å². The lowest BCUT2D eigenvalue weighted by Crippen LogP contribution is -2.47. The molecule has 0 spiro atoms. The molecule has 1 aliphatic rings. The van der Waals surface area contributed by atoms with Gasteiger partial charge in [0.2, 0.25) is 0 Å². The molecule has 0 aromatic heterocycles. The lowest BCUT2D eigenvalue weighted by Gasteiger charge is -2.32. The van der Waals surface area contributed by atoms with Crippen molar-refractivity contribution in [3.63, 3.8) is 0 Å². The number of piperidine rings is 1. The largest absolute Gasteiger partial charge is 0.383 e. The number of hydrogen-bond acceptors (Lipinski definition) is 4. The van der Waals surface area contributed by atoms with E-state index in [9.17, 15) is 0 Å². The van der Waals surface area contributed by atoms with Crippen LogP contribution in [0, 0.1) is 11.3 Å². The number of methoxy groups -OCH3 is 2. The number of rotatable bonds is 8. The molecule has 1 atom stereocenters. The minimum Gasteiger partial charge on any atom is -0.383 e. The molecule has 6 heteroatoms. The Balaban J connectivity index is 2.28. The Morgan fingerprint density at radius 1 is 1.21 bits per heavy atom. The summed E-state index contributed by atoms with van der Waals surface area (Å²) in [5.41, 5.74) is 0.107. The molecule has 1 fully saturated rings. The summed E-state index contributed by atoms with van der Waals surface area (Å²) in [4.78, 5) is 6.81. The Labute approximate surface area is 148 Å². The molecule has 2 N–H and O–H groups in total. The van der Waals surface area contributed by atoms with Gasteiger partial charge in [-0.1, -0.05) is 20.8 Å². The van der Waals surface area contributed by atoms with E-state index in [4.69, 9.17) is 9.47 Å². The van der Waals surface area contributed by atoms with Crippen molar-refractivity contribution in [2.24, 2.45) is 16.3 Å². The van der Waals surface area contributed by atoms with Crippen LogP contribution in [0.25, 0.3) is 0 Å². The van der Waals surface area contributed by atoms with E-state index < -0.39 is 0 Å². The van der Waals surface area contributed by atoms with Crippen molar-refractivity contribution in [2.75, 3.05) is 60.6 Å². The summed E-state index contributed by atoms with van der Waals surface area (Å²) in [6, 6.07) is 0. The summed E-state index contributed by atoms with van der Waals surface area (Å²) < 4.78 is 10.7. The molecule has 0 aromatic carbocycles. The highest BCUT2D eigenvalue weighted by Gasteiger charge is 2.24. The van der Waals surface area contributed by atoms with E-state index in [0.29, 0.717) is 5.92 Å². The summed E-state index contributed by atoms with van der Waals surface area (Å²) in [7, 11) is 5.36. The fourth-order valence-corrected chi connectivity index (χ4v) is 3.03. The van der Waals surface area contributed by atoms with Gasteiger partial charge in [-0.25, -0.2) is 0 Å². The maximum atomic E-state index is 5.59. The van der Waals surface area contributed by atoms with Crippen LogP contribution in [0.4, 0.5) is 0 Å². The molecule has 0 aliphatic carbocycles. The topological polar surface area (TPSA) is 58.1 Å². The van der Waals surface area contributed by atoms with Crippen LogP contribution in [0.1, 0.15) is 33.6 Å². The van der Waals surface area contributed by atoms with Gasteiger partial charge in [0.25, 0.3) is 0 Å². The zero-order valence-corrected chi connectivity index (χ0v) is 16.5. The van der Waals surface area contributed by atoms with Gasteiger partial charge in [0.05, 0.1) is 12.7 Å². The van der Waals surface area contributed by atoms with E-state index in [1.165, 1.54) is 12.8 Å². The predicted octanol–water partition coefficient (Wildman–Crippen LogP) is 1.57. The average molecular weight is 343 g/mol. The quantitative estimate of drug-likeness (QED) is 0.518. The van der Waals surface area contributed by atoms with Gasteiger partial charge in [-0.2, -0.15) is 0 Å².